The Kier molecular flexibility index (Phi) is 13.0. The number of alkyl carbamates (subject to hydrolysis) is 1. The molecule has 9 heteroatoms. The smallest absolute Gasteiger partial charge is 0.408 e. The van der Waals surface area contributed by atoms with Crippen molar-refractivity contribution in [3.63, 3.8) is 0 Å². The zero-order valence-corrected chi connectivity index (χ0v) is 29.7. The van der Waals surface area contributed by atoms with Crippen LogP contribution in [0.2, 0.25) is 0 Å². The van der Waals surface area contributed by atoms with Gasteiger partial charge in [-0.05, 0) is 89.8 Å². The summed E-state index contributed by atoms with van der Waals surface area (Å²) in [4.78, 5) is 57.5. The number of amides is 3. The highest BCUT2D eigenvalue weighted by atomic mass is 16.6. The van der Waals surface area contributed by atoms with Gasteiger partial charge in [-0.1, -0.05) is 81.8 Å². The molecule has 0 heterocycles. The lowest BCUT2D eigenvalue weighted by atomic mass is 9.86. The van der Waals surface area contributed by atoms with Gasteiger partial charge in [0.15, 0.2) is 0 Å². The summed E-state index contributed by atoms with van der Waals surface area (Å²) in [5.41, 5.74) is 1.06. The van der Waals surface area contributed by atoms with Crippen LogP contribution in [0, 0.1) is 5.92 Å². The zero-order chi connectivity index (χ0) is 34.9. The summed E-state index contributed by atoms with van der Waals surface area (Å²) in [7, 11) is 0. The number of aryl methyl sites for hydroxylation is 1. The number of nitrogens with zero attached hydrogens (tertiary/aromatic N) is 1. The molecule has 258 valence electrons. The first kappa shape index (κ1) is 37.6. The monoisotopic (exact) mass is 649 g/mol. The van der Waals surface area contributed by atoms with Crippen LogP contribution in [0.4, 0.5) is 4.79 Å². The highest BCUT2D eigenvalue weighted by Crippen LogP contribution is 2.35. The Labute approximate surface area is 281 Å². The van der Waals surface area contributed by atoms with Gasteiger partial charge < -0.3 is 25.0 Å². The third-order valence-corrected chi connectivity index (χ3v) is 8.39. The van der Waals surface area contributed by atoms with Crippen LogP contribution in [0.1, 0.15) is 111 Å². The molecule has 47 heavy (non-hydrogen) atoms. The minimum absolute atomic E-state index is 0.217. The van der Waals surface area contributed by atoms with Crippen LogP contribution in [-0.4, -0.2) is 58.1 Å². The SMILES string of the molecule is CCc1ccc(C(C(=O)NC(Cc2ccccc2)C(=O)OC(C)(C)C)N(C(=O)C(NC(=O)OC(C)(C)C)C(C)CC)C2CCC2)cc1. The van der Waals surface area contributed by atoms with Gasteiger partial charge in [-0.2, -0.15) is 0 Å². The molecule has 0 aliphatic heterocycles. The standard InChI is InChI=1S/C38H55N3O6/c1-10-25(3)31(40-36(45)47-38(7,8)9)34(43)41(29-18-15-19-29)32(28-22-20-26(11-2)21-23-28)33(42)39-30(35(44)46-37(4,5)6)24-27-16-13-12-14-17-27/h12-14,16-17,20-23,25,29-32H,10-11,15,18-19,24H2,1-9H3,(H,39,42)(H,40,45). The van der Waals surface area contributed by atoms with Crippen molar-refractivity contribution in [1.82, 2.24) is 15.5 Å². The molecule has 4 atom stereocenters. The number of benzene rings is 2. The van der Waals surface area contributed by atoms with E-state index >= 15 is 0 Å². The normalized spacial score (nSPS) is 16.1. The Morgan fingerprint density at radius 3 is 1.91 bits per heavy atom. The molecule has 1 aliphatic rings. The van der Waals surface area contributed by atoms with Crippen LogP contribution in [0.5, 0.6) is 0 Å². The second kappa shape index (κ2) is 16.3. The summed E-state index contributed by atoms with van der Waals surface area (Å²) in [5.74, 6) is -1.63. The van der Waals surface area contributed by atoms with Gasteiger partial charge in [-0.3, -0.25) is 9.59 Å². The van der Waals surface area contributed by atoms with Gasteiger partial charge in [0, 0.05) is 12.5 Å². The average molecular weight is 650 g/mol. The summed E-state index contributed by atoms with van der Waals surface area (Å²) >= 11 is 0. The van der Waals surface area contributed by atoms with E-state index in [4.69, 9.17) is 9.47 Å². The highest BCUT2D eigenvalue weighted by molar-refractivity contribution is 5.94. The van der Waals surface area contributed by atoms with Crippen molar-refractivity contribution in [2.45, 2.75) is 136 Å². The number of rotatable bonds is 13. The molecule has 0 spiro atoms. The minimum Gasteiger partial charge on any atom is -0.458 e. The zero-order valence-electron chi connectivity index (χ0n) is 29.7. The van der Waals surface area contributed by atoms with E-state index in [2.05, 4.69) is 17.6 Å². The number of ether oxygens (including phenoxy) is 2. The van der Waals surface area contributed by atoms with E-state index in [9.17, 15) is 19.2 Å². The third kappa shape index (κ3) is 11.1. The number of esters is 1. The molecule has 4 unspecified atom stereocenters. The molecule has 3 amide bonds. The lowest BCUT2D eigenvalue weighted by molar-refractivity contribution is -0.159. The van der Waals surface area contributed by atoms with Crippen LogP contribution in [0.3, 0.4) is 0 Å². The number of hydrogen-bond acceptors (Lipinski definition) is 6. The Bertz CT molecular complexity index is 1340. The van der Waals surface area contributed by atoms with Crippen molar-refractivity contribution < 1.29 is 28.7 Å². The minimum atomic E-state index is -1.05. The van der Waals surface area contributed by atoms with Crippen LogP contribution >= 0.6 is 0 Å². The van der Waals surface area contributed by atoms with E-state index < -0.39 is 47.3 Å². The van der Waals surface area contributed by atoms with Gasteiger partial charge >= 0.3 is 12.1 Å². The Morgan fingerprint density at radius 1 is 0.830 bits per heavy atom. The van der Waals surface area contributed by atoms with Gasteiger partial charge in [0.2, 0.25) is 11.8 Å². The molecule has 0 aromatic heterocycles. The quantitative estimate of drug-likeness (QED) is 0.234. The molecule has 2 N–H and O–H groups in total. The van der Waals surface area contributed by atoms with Gasteiger partial charge in [0.25, 0.3) is 0 Å². The number of carbonyl (C=O) groups is 4. The van der Waals surface area contributed by atoms with Crippen LogP contribution in [-0.2, 0) is 36.7 Å². The van der Waals surface area contributed by atoms with E-state index in [1.54, 1.807) is 46.4 Å². The van der Waals surface area contributed by atoms with Gasteiger partial charge in [0.05, 0.1) is 0 Å². The van der Waals surface area contributed by atoms with Crippen molar-refractivity contribution in [2.75, 3.05) is 0 Å². The van der Waals surface area contributed by atoms with Crippen LogP contribution in [0.15, 0.2) is 54.6 Å². The fourth-order valence-electron chi connectivity index (χ4n) is 5.50. The maximum Gasteiger partial charge on any atom is 0.408 e. The molecule has 3 rings (SSSR count). The number of hydrogen-bond donors (Lipinski definition) is 2. The van der Waals surface area contributed by atoms with E-state index in [0.717, 1.165) is 36.8 Å². The first-order valence-electron chi connectivity index (χ1n) is 17.0. The van der Waals surface area contributed by atoms with Gasteiger partial charge in [0.1, 0.15) is 29.3 Å². The lowest BCUT2D eigenvalue weighted by Crippen LogP contribution is -2.60. The Morgan fingerprint density at radius 2 is 1.43 bits per heavy atom. The predicted molar refractivity (Wildman–Crippen MR) is 184 cm³/mol. The summed E-state index contributed by atoms with van der Waals surface area (Å²) in [5, 5.41) is 5.82. The average Bonchev–Trinajstić information content (AvgIpc) is 2.96. The first-order valence-corrected chi connectivity index (χ1v) is 17.0. The van der Waals surface area contributed by atoms with Crippen LogP contribution in [0.25, 0.3) is 0 Å². The molecular weight excluding hydrogens is 594 g/mol. The Balaban J connectivity index is 2.08. The Hall–Kier alpha value is -3.88. The van der Waals surface area contributed by atoms with E-state index in [1.165, 1.54) is 0 Å². The largest absolute Gasteiger partial charge is 0.458 e. The van der Waals surface area contributed by atoms with Gasteiger partial charge in [-0.25, -0.2) is 9.59 Å². The topological polar surface area (TPSA) is 114 Å². The lowest BCUT2D eigenvalue weighted by Gasteiger charge is -2.44. The van der Waals surface area contributed by atoms with Gasteiger partial charge in [-0.15, -0.1) is 0 Å². The fourth-order valence-corrected chi connectivity index (χ4v) is 5.50. The molecule has 1 saturated carbocycles. The summed E-state index contributed by atoms with van der Waals surface area (Å²) in [6.45, 7) is 16.6. The molecule has 0 bridgehead atoms. The second-order valence-electron chi connectivity index (χ2n) is 14.6. The van der Waals surface area contributed by atoms with E-state index in [1.807, 2.05) is 68.4 Å². The van der Waals surface area contributed by atoms with E-state index in [-0.39, 0.29) is 24.3 Å². The number of nitrogens with one attached hydrogen (secondary N) is 2. The van der Waals surface area contributed by atoms with Crippen molar-refractivity contribution in [3.05, 3.63) is 71.3 Å². The number of carbonyl (C=O) groups excluding carboxylic acids is 4. The molecule has 0 saturated heterocycles. The van der Waals surface area contributed by atoms with Crippen molar-refractivity contribution in [1.29, 1.82) is 0 Å². The predicted octanol–water partition coefficient (Wildman–Crippen LogP) is 6.68. The first-order chi connectivity index (χ1) is 22.0. The van der Waals surface area contributed by atoms with Crippen molar-refractivity contribution in [2.24, 2.45) is 5.92 Å². The maximum absolute atomic E-state index is 14.7. The van der Waals surface area contributed by atoms with Crippen molar-refractivity contribution >= 4 is 23.9 Å². The molecular formula is C38H55N3O6. The molecule has 2 aromatic carbocycles. The highest BCUT2D eigenvalue weighted by Gasteiger charge is 2.44. The molecule has 1 fully saturated rings. The maximum atomic E-state index is 14.7. The van der Waals surface area contributed by atoms with E-state index in [0.29, 0.717) is 12.0 Å². The molecule has 2 aromatic rings. The molecule has 0 radical (unpaired) electrons. The summed E-state index contributed by atoms with van der Waals surface area (Å²) in [6, 6.07) is 13.9. The second-order valence-corrected chi connectivity index (χ2v) is 14.6. The summed E-state index contributed by atoms with van der Waals surface area (Å²) < 4.78 is 11.3. The molecule has 1 aliphatic carbocycles. The fraction of sp³-hybridized carbons (Fsp3) is 0.579. The molecule has 9 nitrogen and oxygen atoms in total. The summed E-state index contributed by atoms with van der Waals surface area (Å²) in [6.07, 6.45) is 3.32. The van der Waals surface area contributed by atoms with Crippen LogP contribution < -0.4 is 10.6 Å². The third-order valence-electron chi connectivity index (χ3n) is 8.39. The van der Waals surface area contributed by atoms with Crippen molar-refractivity contribution in [3.8, 4) is 0 Å².